The van der Waals surface area contributed by atoms with Crippen molar-refractivity contribution < 1.29 is 13.5 Å². The normalized spacial score (nSPS) is 11.6. The molecular formula is C13H17N3O3S. The number of aromatic nitrogens is 2. The Bertz CT molecular complexity index is 750. The molecule has 0 atom stereocenters. The average Bonchev–Trinajstić information content (AvgIpc) is 2.62. The molecule has 1 aromatic carbocycles. The van der Waals surface area contributed by atoms with E-state index in [1.807, 2.05) is 0 Å². The van der Waals surface area contributed by atoms with Crippen molar-refractivity contribution in [1.29, 1.82) is 0 Å². The third kappa shape index (κ3) is 2.24. The van der Waals surface area contributed by atoms with Gasteiger partial charge in [0.25, 0.3) is 10.0 Å². The Morgan fingerprint density at radius 2 is 1.95 bits per heavy atom. The van der Waals surface area contributed by atoms with Crippen LogP contribution < -0.4 is 4.31 Å². The molecule has 1 aromatic heterocycles. The number of benzene rings is 1. The molecule has 1 N–H and O–H groups in total. The molecule has 0 radical (unpaired) electrons. The summed E-state index contributed by atoms with van der Waals surface area (Å²) in [5.41, 5.74) is 1.43. The monoisotopic (exact) mass is 295 g/mol. The minimum atomic E-state index is -3.71. The quantitative estimate of drug-likeness (QED) is 0.932. The van der Waals surface area contributed by atoms with Gasteiger partial charge in [-0.05, 0) is 26.0 Å². The van der Waals surface area contributed by atoms with Crippen LogP contribution in [0, 0.1) is 13.8 Å². The highest BCUT2D eigenvalue weighted by molar-refractivity contribution is 7.92. The van der Waals surface area contributed by atoms with Crippen LogP contribution in [-0.2, 0) is 17.1 Å². The topological polar surface area (TPSA) is 75.4 Å². The second-order valence-electron chi connectivity index (χ2n) is 4.62. The lowest BCUT2D eigenvalue weighted by Gasteiger charge is -2.19. The predicted molar refractivity (Wildman–Crippen MR) is 76.4 cm³/mol. The molecule has 7 heteroatoms. The van der Waals surface area contributed by atoms with E-state index in [2.05, 4.69) is 5.10 Å². The summed E-state index contributed by atoms with van der Waals surface area (Å²) >= 11 is 0. The first-order chi connectivity index (χ1) is 9.25. The van der Waals surface area contributed by atoms with Gasteiger partial charge in [0.1, 0.15) is 10.6 Å². The Morgan fingerprint density at radius 3 is 2.45 bits per heavy atom. The molecule has 6 nitrogen and oxygen atoms in total. The molecule has 0 aliphatic heterocycles. The van der Waals surface area contributed by atoms with Crippen molar-refractivity contribution >= 4 is 15.7 Å². The number of hydrogen-bond acceptors (Lipinski definition) is 4. The third-order valence-electron chi connectivity index (χ3n) is 3.25. The maximum absolute atomic E-state index is 12.7. The zero-order valence-electron chi connectivity index (χ0n) is 11.8. The number of aromatic hydroxyl groups is 1. The van der Waals surface area contributed by atoms with E-state index in [-0.39, 0.29) is 10.6 Å². The largest absolute Gasteiger partial charge is 0.508 e. The van der Waals surface area contributed by atoms with Gasteiger partial charge in [-0.15, -0.1) is 0 Å². The molecule has 2 aromatic rings. The van der Waals surface area contributed by atoms with Crippen LogP contribution in [0.4, 0.5) is 5.69 Å². The first-order valence-electron chi connectivity index (χ1n) is 6.03. The summed E-state index contributed by atoms with van der Waals surface area (Å²) < 4.78 is 28.1. The van der Waals surface area contributed by atoms with Crippen LogP contribution in [0.25, 0.3) is 0 Å². The van der Waals surface area contributed by atoms with Gasteiger partial charge in [-0.1, -0.05) is 6.07 Å². The molecule has 0 saturated carbocycles. The Hall–Kier alpha value is -2.02. The fraction of sp³-hybridized carbons (Fsp3) is 0.308. The van der Waals surface area contributed by atoms with E-state index in [1.165, 1.54) is 19.2 Å². The second-order valence-corrected chi connectivity index (χ2v) is 6.52. The Balaban J connectivity index is 2.55. The summed E-state index contributed by atoms with van der Waals surface area (Å²) in [6.07, 6.45) is 0. The van der Waals surface area contributed by atoms with Gasteiger partial charge in [0.2, 0.25) is 0 Å². The molecule has 0 aliphatic rings. The average molecular weight is 295 g/mol. The van der Waals surface area contributed by atoms with E-state index in [0.717, 1.165) is 4.31 Å². The van der Waals surface area contributed by atoms with Crippen LogP contribution in [-0.4, -0.2) is 30.4 Å². The molecule has 0 bridgehead atoms. The molecule has 0 saturated heterocycles. The number of phenolic OH excluding ortho intramolecular Hbond substituents is 1. The lowest BCUT2D eigenvalue weighted by Crippen LogP contribution is -2.27. The third-order valence-corrected chi connectivity index (χ3v) is 5.29. The van der Waals surface area contributed by atoms with E-state index in [9.17, 15) is 13.5 Å². The van der Waals surface area contributed by atoms with E-state index < -0.39 is 10.0 Å². The number of nitrogens with zero attached hydrogens (tertiary/aromatic N) is 3. The van der Waals surface area contributed by atoms with Crippen LogP contribution in [0.3, 0.4) is 0 Å². The number of sulfonamides is 1. The van der Waals surface area contributed by atoms with Gasteiger partial charge >= 0.3 is 0 Å². The molecular weight excluding hydrogens is 278 g/mol. The lowest BCUT2D eigenvalue weighted by molar-refractivity contribution is 0.475. The first-order valence-corrected chi connectivity index (χ1v) is 7.47. The van der Waals surface area contributed by atoms with Crippen molar-refractivity contribution in [2.24, 2.45) is 7.05 Å². The van der Waals surface area contributed by atoms with E-state index >= 15 is 0 Å². The maximum Gasteiger partial charge on any atom is 0.267 e. The van der Waals surface area contributed by atoms with Crippen molar-refractivity contribution in [3.05, 3.63) is 35.7 Å². The number of anilines is 1. The van der Waals surface area contributed by atoms with Crippen LogP contribution in [0.15, 0.2) is 29.2 Å². The van der Waals surface area contributed by atoms with Crippen molar-refractivity contribution in [3.63, 3.8) is 0 Å². The van der Waals surface area contributed by atoms with Crippen molar-refractivity contribution in [1.82, 2.24) is 9.78 Å². The smallest absolute Gasteiger partial charge is 0.267 e. The lowest BCUT2D eigenvalue weighted by atomic mass is 10.3. The fourth-order valence-corrected chi connectivity index (χ4v) is 3.68. The SMILES string of the molecule is Cc1nn(C)c(C)c1S(=O)(=O)N(C)c1cccc(O)c1. The highest BCUT2D eigenvalue weighted by Crippen LogP contribution is 2.27. The minimum Gasteiger partial charge on any atom is -0.508 e. The summed E-state index contributed by atoms with van der Waals surface area (Å²) in [5.74, 6) is 0.0178. The fourth-order valence-electron chi connectivity index (χ4n) is 2.09. The van der Waals surface area contributed by atoms with Gasteiger partial charge in [-0.3, -0.25) is 8.99 Å². The minimum absolute atomic E-state index is 0.0178. The molecule has 2 rings (SSSR count). The highest BCUT2D eigenvalue weighted by atomic mass is 32.2. The standard InChI is InChI=1S/C13H17N3O3S/c1-9-13(10(2)15(3)14-9)20(18,19)16(4)11-6-5-7-12(17)8-11/h5-8,17H,1-4H3. The molecule has 0 amide bonds. The molecule has 20 heavy (non-hydrogen) atoms. The summed E-state index contributed by atoms with van der Waals surface area (Å²) in [4.78, 5) is 0.200. The van der Waals surface area contributed by atoms with E-state index in [0.29, 0.717) is 17.1 Å². The van der Waals surface area contributed by atoms with Gasteiger partial charge < -0.3 is 5.11 Å². The second kappa shape index (κ2) is 4.82. The molecule has 0 spiro atoms. The zero-order valence-corrected chi connectivity index (χ0v) is 12.6. The van der Waals surface area contributed by atoms with Crippen molar-refractivity contribution in [2.75, 3.05) is 11.4 Å². The Morgan fingerprint density at radius 1 is 1.30 bits per heavy atom. The molecule has 0 aliphatic carbocycles. The highest BCUT2D eigenvalue weighted by Gasteiger charge is 2.28. The first kappa shape index (κ1) is 14.4. The molecule has 108 valence electrons. The number of rotatable bonds is 3. The van der Waals surface area contributed by atoms with E-state index in [4.69, 9.17) is 0 Å². The van der Waals surface area contributed by atoms with Gasteiger partial charge in [0.15, 0.2) is 0 Å². The maximum atomic E-state index is 12.7. The van der Waals surface area contributed by atoms with Gasteiger partial charge in [0, 0.05) is 20.2 Å². The van der Waals surface area contributed by atoms with Crippen LogP contribution in [0.5, 0.6) is 5.75 Å². The summed E-state index contributed by atoms with van der Waals surface area (Å²) in [6, 6.07) is 6.11. The number of aryl methyl sites for hydroxylation is 2. The summed E-state index contributed by atoms with van der Waals surface area (Å²) in [6.45, 7) is 3.37. The predicted octanol–water partition coefficient (Wildman–Crippen LogP) is 1.57. The Labute approximate surface area is 118 Å². The van der Waals surface area contributed by atoms with Crippen LogP contribution >= 0.6 is 0 Å². The van der Waals surface area contributed by atoms with Gasteiger partial charge in [0.05, 0.1) is 17.1 Å². The van der Waals surface area contributed by atoms with Crippen molar-refractivity contribution in [3.8, 4) is 5.75 Å². The van der Waals surface area contributed by atoms with E-state index in [1.54, 1.807) is 37.7 Å². The van der Waals surface area contributed by atoms with Gasteiger partial charge in [-0.25, -0.2) is 8.42 Å². The summed E-state index contributed by atoms with van der Waals surface area (Å²) in [5, 5.41) is 13.6. The molecule has 1 heterocycles. The molecule has 0 fully saturated rings. The Kier molecular flexibility index (Phi) is 3.47. The summed E-state index contributed by atoms with van der Waals surface area (Å²) in [7, 11) is -0.552. The number of phenols is 1. The van der Waals surface area contributed by atoms with Crippen LogP contribution in [0.1, 0.15) is 11.4 Å². The van der Waals surface area contributed by atoms with Crippen molar-refractivity contribution in [2.45, 2.75) is 18.7 Å². The van der Waals surface area contributed by atoms with Gasteiger partial charge in [-0.2, -0.15) is 5.10 Å². The van der Waals surface area contributed by atoms with Crippen LogP contribution in [0.2, 0.25) is 0 Å². The zero-order chi connectivity index (χ0) is 15.1. The number of hydrogen-bond donors (Lipinski definition) is 1. The molecule has 0 unspecified atom stereocenters.